The molecular weight excluding hydrogens is 292 g/mol. The van der Waals surface area contributed by atoms with Gasteiger partial charge in [-0.1, -0.05) is 15.9 Å². The molecule has 1 unspecified atom stereocenters. The lowest BCUT2D eigenvalue weighted by molar-refractivity contribution is 0.408. The highest BCUT2D eigenvalue weighted by Gasteiger charge is 2.13. The first-order valence-electron chi connectivity index (χ1n) is 6.53. The summed E-state index contributed by atoms with van der Waals surface area (Å²) < 4.78 is 6.48. The van der Waals surface area contributed by atoms with Gasteiger partial charge in [-0.2, -0.15) is 0 Å². The van der Waals surface area contributed by atoms with Crippen molar-refractivity contribution in [3.05, 3.63) is 28.2 Å². The van der Waals surface area contributed by atoms with Gasteiger partial charge in [0.15, 0.2) is 0 Å². The quantitative estimate of drug-likeness (QED) is 0.790. The van der Waals surface area contributed by atoms with Gasteiger partial charge in [0.2, 0.25) is 0 Å². The Hall–Kier alpha value is -0.580. The van der Waals surface area contributed by atoms with Crippen LogP contribution >= 0.6 is 15.9 Å². The van der Waals surface area contributed by atoms with E-state index < -0.39 is 0 Å². The molecule has 0 aliphatic carbocycles. The van der Waals surface area contributed by atoms with Crippen molar-refractivity contribution in [2.24, 2.45) is 5.92 Å². The molecule has 1 aromatic carbocycles. The molecule has 1 aromatic rings. The van der Waals surface area contributed by atoms with E-state index in [1.807, 2.05) is 12.1 Å². The number of hydrogen-bond donors (Lipinski definition) is 2. The molecule has 0 bridgehead atoms. The lowest BCUT2D eigenvalue weighted by Crippen LogP contribution is -2.26. The highest BCUT2D eigenvalue weighted by atomic mass is 79.9. The Morgan fingerprint density at radius 1 is 1.50 bits per heavy atom. The zero-order chi connectivity index (χ0) is 12.8. The Kier molecular flexibility index (Phi) is 5.47. The molecule has 1 aliphatic heterocycles. The predicted octanol–water partition coefficient (Wildman–Crippen LogP) is 2.20. The molecule has 4 heteroatoms. The van der Waals surface area contributed by atoms with Gasteiger partial charge >= 0.3 is 0 Å². The van der Waals surface area contributed by atoms with E-state index in [1.54, 1.807) is 7.11 Å². The maximum absolute atomic E-state index is 5.37. The fourth-order valence-corrected chi connectivity index (χ4v) is 2.77. The van der Waals surface area contributed by atoms with E-state index in [4.69, 9.17) is 4.74 Å². The molecule has 1 fully saturated rings. The van der Waals surface area contributed by atoms with Crippen molar-refractivity contribution < 1.29 is 4.74 Å². The zero-order valence-electron chi connectivity index (χ0n) is 10.8. The third-order valence-electron chi connectivity index (χ3n) is 3.41. The van der Waals surface area contributed by atoms with E-state index in [0.717, 1.165) is 42.2 Å². The molecule has 1 atom stereocenters. The van der Waals surface area contributed by atoms with Crippen LogP contribution in [0.25, 0.3) is 0 Å². The molecule has 0 spiro atoms. The van der Waals surface area contributed by atoms with Crippen LogP contribution in [0.5, 0.6) is 5.75 Å². The van der Waals surface area contributed by atoms with Crippen molar-refractivity contribution in [3.63, 3.8) is 0 Å². The minimum absolute atomic E-state index is 0.800. The van der Waals surface area contributed by atoms with Gasteiger partial charge in [-0.3, -0.25) is 0 Å². The summed E-state index contributed by atoms with van der Waals surface area (Å²) in [6, 6.07) is 6.16. The molecule has 0 radical (unpaired) electrons. The number of hydrogen-bond acceptors (Lipinski definition) is 3. The smallest absolute Gasteiger partial charge is 0.122 e. The molecule has 100 valence electrons. The minimum Gasteiger partial charge on any atom is -0.496 e. The van der Waals surface area contributed by atoms with E-state index in [9.17, 15) is 0 Å². The summed E-state index contributed by atoms with van der Waals surface area (Å²) in [4.78, 5) is 0. The summed E-state index contributed by atoms with van der Waals surface area (Å²) in [7, 11) is 1.73. The molecule has 0 amide bonds. The molecule has 3 nitrogen and oxygen atoms in total. The van der Waals surface area contributed by atoms with Gasteiger partial charge in [-0.15, -0.1) is 0 Å². The molecule has 0 aromatic heterocycles. The summed E-state index contributed by atoms with van der Waals surface area (Å²) in [5.74, 6) is 1.77. The Bertz CT molecular complexity index is 378. The summed E-state index contributed by atoms with van der Waals surface area (Å²) in [5, 5.41) is 6.93. The van der Waals surface area contributed by atoms with Gasteiger partial charge in [0.1, 0.15) is 5.75 Å². The number of methoxy groups -OCH3 is 1. The molecular formula is C14H21BrN2O. The fourth-order valence-electron chi connectivity index (χ4n) is 2.36. The summed E-state index contributed by atoms with van der Waals surface area (Å²) >= 11 is 3.50. The van der Waals surface area contributed by atoms with Gasteiger partial charge in [0.25, 0.3) is 0 Å². The van der Waals surface area contributed by atoms with Gasteiger partial charge in [0.05, 0.1) is 7.11 Å². The first-order chi connectivity index (χ1) is 8.79. The van der Waals surface area contributed by atoms with Crippen molar-refractivity contribution in [3.8, 4) is 5.75 Å². The van der Waals surface area contributed by atoms with E-state index in [-0.39, 0.29) is 0 Å². The molecule has 0 saturated carbocycles. The van der Waals surface area contributed by atoms with Crippen molar-refractivity contribution >= 4 is 15.9 Å². The van der Waals surface area contributed by atoms with Gasteiger partial charge in [-0.25, -0.2) is 0 Å². The minimum atomic E-state index is 0.800. The Morgan fingerprint density at radius 3 is 3.11 bits per heavy atom. The SMILES string of the molecule is COc1ccc(Br)cc1CCNCC1CCNC1. The Balaban J connectivity index is 1.76. The summed E-state index contributed by atoms with van der Waals surface area (Å²) in [6.45, 7) is 4.45. The first kappa shape index (κ1) is 13.8. The predicted molar refractivity (Wildman–Crippen MR) is 78.2 cm³/mol. The van der Waals surface area contributed by atoms with Crippen LogP contribution in [0.15, 0.2) is 22.7 Å². The normalized spacial score (nSPS) is 19.1. The van der Waals surface area contributed by atoms with E-state index in [0.29, 0.717) is 0 Å². The second-order valence-corrected chi connectivity index (χ2v) is 5.68. The Labute approximate surface area is 117 Å². The lowest BCUT2D eigenvalue weighted by Gasteiger charge is -2.12. The van der Waals surface area contributed by atoms with Crippen LogP contribution in [-0.2, 0) is 6.42 Å². The summed E-state index contributed by atoms with van der Waals surface area (Å²) in [6.07, 6.45) is 2.30. The number of ether oxygens (including phenoxy) is 1. The second kappa shape index (κ2) is 7.12. The highest BCUT2D eigenvalue weighted by molar-refractivity contribution is 9.10. The number of halogens is 1. The van der Waals surface area contributed by atoms with Crippen LogP contribution in [0.4, 0.5) is 0 Å². The standard InChI is InChI=1S/C14H21BrN2O/c1-18-14-3-2-13(15)8-12(14)5-7-17-10-11-4-6-16-9-11/h2-3,8,11,16-17H,4-7,9-10H2,1H3. The largest absolute Gasteiger partial charge is 0.496 e. The van der Waals surface area contributed by atoms with Crippen LogP contribution < -0.4 is 15.4 Å². The van der Waals surface area contributed by atoms with E-state index in [2.05, 4.69) is 32.6 Å². The van der Waals surface area contributed by atoms with Crippen molar-refractivity contribution in [1.82, 2.24) is 10.6 Å². The van der Waals surface area contributed by atoms with E-state index >= 15 is 0 Å². The van der Waals surface area contributed by atoms with Crippen molar-refractivity contribution in [2.75, 3.05) is 33.3 Å². The average Bonchev–Trinajstić information content (AvgIpc) is 2.88. The topological polar surface area (TPSA) is 33.3 Å². The first-order valence-corrected chi connectivity index (χ1v) is 7.32. The maximum Gasteiger partial charge on any atom is 0.122 e. The van der Waals surface area contributed by atoms with Gasteiger partial charge in [0, 0.05) is 4.47 Å². The van der Waals surface area contributed by atoms with Crippen LogP contribution in [0.2, 0.25) is 0 Å². The molecule has 2 N–H and O–H groups in total. The molecule has 2 rings (SSSR count). The number of rotatable bonds is 6. The number of nitrogens with one attached hydrogen (secondary N) is 2. The van der Waals surface area contributed by atoms with Gasteiger partial charge in [-0.05, 0) is 68.7 Å². The van der Waals surface area contributed by atoms with Crippen molar-refractivity contribution in [2.45, 2.75) is 12.8 Å². The third kappa shape index (κ3) is 3.97. The fraction of sp³-hybridized carbons (Fsp3) is 0.571. The molecule has 18 heavy (non-hydrogen) atoms. The third-order valence-corrected chi connectivity index (χ3v) is 3.90. The van der Waals surface area contributed by atoms with E-state index in [1.165, 1.54) is 18.5 Å². The monoisotopic (exact) mass is 312 g/mol. The van der Waals surface area contributed by atoms with Crippen LogP contribution in [0.3, 0.4) is 0 Å². The number of benzene rings is 1. The molecule has 1 saturated heterocycles. The molecule has 1 heterocycles. The zero-order valence-corrected chi connectivity index (χ0v) is 12.4. The summed E-state index contributed by atoms with van der Waals surface area (Å²) in [5.41, 5.74) is 1.25. The highest BCUT2D eigenvalue weighted by Crippen LogP contribution is 2.23. The van der Waals surface area contributed by atoms with Crippen LogP contribution in [-0.4, -0.2) is 33.3 Å². The maximum atomic E-state index is 5.37. The van der Waals surface area contributed by atoms with Crippen molar-refractivity contribution in [1.29, 1.82) is 0 Å². The van der Waals surface area contributed by atoms with Crippen LogP contribution in [0, 0.1) is 5.92 Å². The Morgan fingerprint density at radius 2 is 2.39 bits per heavy atom. The van der Waals surface area contributed by atoms with Gasteiger partial charge < -0.3 is 15.4 Å². The molecule has 1 aliphatic rings. The second-order valence-electron chi connectivity index (χ2n) is 4.77. The average molecular weight is 313 g/mol. The lowest BCUT2D eigenvalue weighted by atomic mass is 10.1. The van der Waals surface area contributed by atoms with Crippen LogP contribution in [0.1, 0.15) is 12.0 Å².